The fraction of sp³-hybridized carbons (Fsp3) is 0.600. The summed E-state index contributed by atoms with van der Waals surface area (Å²) in [5.41, 5.74) is 1.15. The van der Waals surface area contributed by atoms with Gasteiger partial charge in [-0.05, 0) is 50.6 Å². The highest BCUT2D eigenvalue weighted by molar-refractivity contribution is 7.90. The van der Waals surface area contributed by atoms with E-state index in [0.29, 0.717) is 16.9 Å². The van der Waals surface area contributed by atoms with Gasteiger partial charge >= 0.3 is 0 Å². The van der Waals surface area contributed by atoms with E-state index < -0.39 is 9.84 Å². The molecule has 1 atom stereocenters. The second-order valence-corrected chi connectivity index (χ2v) is 7.70. The van der Waals surface area contributed by atoms with Crippen LogP contribution in [0.4, 0.5) is 0 Å². The van der Waals surface area contributed by atoms with Crippen LogP contribution in [0.2, 0.25) is 0 Å². The lowest BCUT2D eigenvalue weighted by molar-refractivity contribution is 0.246. The van der Waals surface area contributed by atoms with Gasteiger partial charge in [-0.2, -0.15) is 0 Å². The first-order valence-electron chi connectivity index (χ1n) is 6.72. The normalized spacial score (nSPS) is 14.1. The topological polar surface area (TPSA) is 37.4 Å². The molecule has 19 heavy (non-hydrogen) atoms. The first-order chi connectivity index (χ1) is 8.71. The van der Waals surface area contributed by atoms with E-state index in [0.717, 1.165) is 12.1 Å². The molecule has 0 spiro atoms. The first-order valence-corrected chi connectivity index (χ1v) is 8.61. The van der Waals surface area contributed by atoms with Crippen molar-refractivity contribution in [2.75, 3.05) is 19.8 Å². The molecule has 4 heteroatoms. The molecule has 0 bridgehead atoms. The van der Waals surface area contributed by atoms with Crippen LogP contribution in [0, 0.1) is 5.92 Å². The van der Waals surface area contributed by atoms with Gasteiger partial charge in [0.1, 0.15) is 0 Å². The van der Waals surface area contributed by atoms with Gasteiger partial charge < -0.3 is 0 Å². The minimum atomic E-state index is -3.10. The van der Waals surface area contributed by atoms with Gasteiger partial charge in [0, 0.05) is 12.3 Å². The summed E-state index contributed by atoms with van der Waals surface area (Å²) in [4.78, 5) is 2.68. The van der Waals surface area contributed by atoms with E-state index in [1.807, 2.05) is 12.1 Å². The van der Waals surface area contributed by atoms with Crippen LogP contribution in [0.25, 0.3) is 0 Å². The molecule has 0 unspecified atom stereocenters. The third-order valence-electron chi connectivity index (χ3n) is 3.51. The molecule has 0 aliphatic rings. The van der Waals surface area contributed by atoms with Gasteiger partial charge in [0.15, 0.2) is 9.84 Å². The summed E-state index contributed by atoms with van der Waals surface area (Å²) in [5, 5.41) is 0. The predicted molar refractivity (Wildman–Crippen MR) is 80.1 cm³/mol. The second kappa shape index (κ2) is 6.53. The Labute approximate surface area is 117 Å². The van der Waals surface area contributed by atoms with Gasteiger partial charge in [0.2, 0.25) is 0 Å². The molecule has 0 saturated carbocycles. The highest BCUT2D eigenvalue weighted by Gasteiger charge is 2.13. The lowest BCUT2D eigenvalue weighted by atomic mass is 10.1. The number of benzene rings is 1. The van der Waals surface area contributed by atoms with Crippen molar-refractivity contribution >= 4 is 9.84 Å². The molecule has 0 N–H and O–H groups in total. The molecule has 0 saturated heterocycles. The van der Waals surface area contributed by atoms with Crippen LogP contribution in [0.5, 0.6) is 0 Å². The number of hydrogen-bond acceptors (Lipinski definition) is 3. The van der Waals surface area contributed by atoms with Gasteiger partial charge in [0.05, 0.1) is 4.90 Å². The molecular formula is C15H25NO2S. The highest BCUT2D eigenvalue weighted by Crippen LogP contribution is 2.21. The molecule has 0 aliphatic carbocycles. The average molecular weight is 283 g/mol. The van der Waals surface area contributed by atoms with Gasteiger partial charge in [0.25, 0.3) is 0 Å². The van der Waals surface area contributed by atoms with Gasteiger partial charge in [-0.1, -0.05) is 26.0 Å². The summed E-state index contributed by atoms with van der Waals surface area (Å²) in [6.45, 7) is 7.64. The SMILES string of the molecule is CC(C)CCN(C)[C@@H](C)c1ccc(S(C)(=O)=O)cc1. The third-order valence-corrected chi connectivity index (χ3v) is 4.64. The predicted octanol–water partition coefficient (Wildman–Crippen LogP) is 3.13. The third kappa shape index (κ3) is 4.96. The standard InChI is InChI=1S/C15H25NO2S/c1-12(2)10-11-16(4)13(3)14-6-8-15(9-7-14)19(5,17)18/h6-9,12-13H,10-11H2,1-5H3/t13-/m0/s1. The molecule has 1 aromatic rings. The molecule has 0 amide bonds. The summed E-state index contributed by atoms with van der Waals surface area (Å²) < 4.78 is 22.8. The zero-order valence-corrected chi connectivity index (χ0v) is 13.4. The van der Waals surface area contributed by atoms with E-state index in [4.69, 9.17) is 0 Å². The number of sulfone groups is 1. The minimum absolute atomic E-state index is 0.298. The maximum absolute atomic E-state index is 11.4. The Morgan fingerprint density at radius 2 is 1.63 bits per heavy atom. The van der Waals surface area contributed by atoms with Gasteiger partial charge in [-0.3, -0.25) is 4.90 Å². The first kappa shape index (κ1) is 16.2. The van der Waals surface area contributed by atoms with Crippen LogP contribution in [0.1, 0.15) is 38.8 Å². The van der Waals surface area contributed by atoms with Crippen molar-refractivity contribution < 1.29 is 8.42 Å². The van der Waals surface area contributed by atoms with Crippen LogP contribution in [0.15, 0.2) is 29.2 Å². The molecule has 1 rings (SSSR count). The van der Waals surface area contributed by atoms with Crippen molar-refractivity contribution in [3.05, 3.63) is 29.8 Å². The Kier molecular flexibility index (Phi) is 5.56. The van der Waals surface area contributed by atoms with Gasteiger partial charge in [-0.15, -0.1) is 0 Å². The van der Waals surface area contributed by atoms with Crippen LogP contribution >= 0.6 is 0 Å². The van der Waals surface area contributed by atoms with Crippen molar-refractivity contribution in [2.24, 2.45) is 5.92 Å². The molecule has 0 aliphatic heterocycles. The van der Waals surface area contributed by atoms with Crippen LogP contribution in [-0.4, -0.2) is 33.2 Å². The molecule has 0 radical (unpaired) electrons. The zero-order chi connectivity index (χ0) is 14.6. The van der Waals surface area contributed by atoms with Crippen LogP contribution in [0.3, 0.4) is 0 Å². The fourth-order valence-corrected chi connectivity index (χ4v) is 2.53. The Bertz CT molecular complexity index is 491. The van der Waals surface area contributed by atoms with Gasteiger partial charge in [-0.25, -0.2) is 8.42 Å². The summed E-state index contributed by atoms with van der Waals surface area (Å²) in [5.74, 6) is 0.697. The van der Waals surface area contributed by atoms with E-state index in [1.165, 1.54) is 12.7 Å². The lowest BCUT2D eigenvalue weighted by Crippen LogP contribution is -2.24. The van der Waals surface area contributed by atoms with E-state index in [1.54, 1.807) is 12.1 Å². The van der Waals surface area contributed by atoms with E-state index >= 15 is 0 Å². The number of hydrogen-bond donors (Lipinski definition) is 0. The molecule has 1 aromatic carbocycles. The maximum Gasteiger partial charge on any atom is 0.175 e. The molecule has 108 valence electrons. The number of rotatable bonds is 6. The quantitative estimate of drug-likeness (QED) is 0.805. The molecule has 0 fully saturated rings. The van der Waals surface area contributed by atoms with Crippen molar-refractivity contribution in [3.63, 3.8) is 0 Å². The summed E-state index contributed by atoms with van der Waals surface area (Å²) >= 11 is 0. The molecule has 0 heterocycles. The molecule has 3 nitrogen and oxygen atoms in total. The lowest BCUT2D eigenvalue weighted by Gasteiger charge is -2.26. The van der Waals surface area contributed by atoms with E-state index in [9.17, 15) is 8.42 Å². The van der Waals surface area contributed by atoms with Crippen molar-refractivity contribution in [1.29, 1.82) is 0 Å². The van der Waals surface area contributed by atoms with Crippen molar-refractivity contribution in [1.82, 2.24) is 4.90 Å². The van der Waals surface area contributed by atoms with Crippen LogP contribution in [-0.2, 0) is 9.84 Å². The van der Waals surface area contributed by atoms with Crippen molar-refractivity contribution in [2.45, 2.75) is 38.1 Å². The summed E-state index contributed by atoms with van der Waals surface area (Å²) in [6, 6.07) is 7.50. The Morgan fingerprint density at radius 3 is 2.05 bits per heavy atom. The smallest absolute Gasteiger partial charge is 0.175 e. The Morgan fingerprint density at radius 1 is 1.11 bits per heavy atom. The zero-order valence-electron chi connectivity index (χ0n) is 12.6. The minimum Gasteiger partial charge on any atom is -0.300 e. The van der Waals surface area contributed by atoms with E-state index in [2.05, 4.69) is 32.7 Å². The fourth-order valence-electron chi connectivity index (χ4n) is 1.90. The van der Waals surface area contributed by atoms with Crippen LogP contribution < -0.4 is 0 Å². The van der Waals surface area contributed by atoms with E-state index in [-0.39, 0.29) is 0 Å². The Balaban J connectivity index is 2.75. The van der Waals surface area contributed by atoms with Crippen molar-refractivity contribution in [3.8, 4) is 0 Å². The molecular weight excluding hydrogens is 258 g/mol. The largest absolute Gasteiger partial charge is 0.300 e. The highest BCUT2D eigenvalue weighted by atomic mass is 32.2. The Hall–Kier alpha value is -0.870. The maximum atomic E-state index is 11.4. The monoisotopic (exact) mass is 283 g/mol. The summed E-state index contributed by atoms with van der Waals surface area (Å²) in [6.07, 6.45) is 2.41. The average Bonchev–Trinajstić information content (AvgIpc) is 2.34. The molecule has 0 aromatic heterocycles. The number of nitrogens with zero attached hydrogens (tertiary/aromatic N) is 1. The summed E-state index contributed by atoms with van der Waals surface area (Å²) in [7, 11) is -0.992. The second-order valence-electron chi connectivity index (χ2n) is 5.68.